The van der Waals surface area contributed by atoms with Crippen molar-refractivity contribution in [3.63, 3.8) is 0 Å². The molecule has 0 saturated carbocycles. The molecule has 0 fully saturated rings. The molecule has 0 aliphatic heterocycles. The van der Waals surface area contributed by atoms with E-state index in [9.17, 15) is 4.79 Å². The minimum Gasteiger partial charge on any atom is -0.367 e. The molecule has 0 radical (unpaired) electrons. The fourth-order valence-electron chi connectivity index (χ4n) is 1.53. The number of benzene rings is 1. The van der Waals surface area contributed by atoms with Crippen LogP contribution in [0.25, 0.3) is 0 Å². The Kier molecular flexibility index (Phi) is 2.77. The second-order valence-electron chi connectivity index (χ2n) is 3.87. The van der Waals surface area contributed by atoms with Crippen molar-refractivity contribution in [3.8, 4) is 0 Å². The number of nitrogens with one attached hydrogen (secondary N) is 2. The summed E-state index contributed by atoms with van der Waals surface area (Å²) < 4.78 is 0. The first-order valence-electron chi connectivity index (χ1n) is 5.18. The zero-order valence-electron chi connectivity index (χ0n) is 9.37. The van der Waals surface area contributed by atoms with E-state index in [4.69, 9.17) is 0 Å². The third-order valence-electron chi connectivity index (χ3n) is 2.50. The van der Waals surface area contributed by atoms with Gasteiger partial charge in [-0.3, -0.25) is 4.79 Å². The van der Waals surface area contributed by atoms with Crippen LogP contribution in [0.2, 0.25) is 0 Å². The highest BCUT2D eigenvalue weighted by Crippen LogP contribution is 2.17. The largest absolute Gasteiger partial charge is 0.367 e. The molecule has 0 aliphatic rings. The molecular formula is C13H14N2O. The minimum absolute atomic E-state index is 0.0880. The Balaban J connectivity index is 2.21. The number of anilines is 1. The van der Waals surface area contributed by atoms with Gasteiger partial charge in [0, 0.05) is 18.1 Å². The Morgan fingerprint density at radius 1 is 1.25 bits per heavy atom. The standard InChI is InChI=1S/C13H14N2O/c1-9-3-4-10(2)12(7-9)15-13(16)11-5-6-14-8-11/h3-8,14H,1-2H3,(H,15,16). The van der Waals surface area contributed by atoms with Gasteiger partial charge in [-0.05, 0) is 37.1 Å². The van der Waals surface area contributed by atoms with E-state index in [0.717, 1.165) is 16.8 Å². The molecule has 0 spiro atoms. The molecule has 1 amide bonds. The zero-order chi connectivity index (χ0) is 11.5. The molecule has 2 rings (SSSR count). The second-order valence-corrected chi connectivity index (χ2v) is 3.87. The van der Waals surface area contributed by atoms with E-state index in [0.29, 0.717) is 5.56 Å². The maximum absolute atomic E-state index is 11.8. The molecule has 1 aromatic carbocycles. The smallest absolute Gasteiger partial charge is 0.257 e. The van der Waals surface area contributed by atoms with Crippen molar-refractivity contribution >= 4 is 11.6 Å². The van der Waals surface area contributed by atoms with Crippen LogP contribution < -0.4 is 5.32 Å². The molecule has 1 aromatic heterocycles. The summed E-state index contributed by atoms with van der Waals surface area (Å²) in [6, 6.07) is 7.75. The number of hydrogen-bond donors (Lipinski definition) is 2. The van der Waals surface area contributed by atoms with Gasteiger partial charge < -0.3 is 10.3 Å². The van der Waals surface area contributed by atoms with Crippen LogP contribution in [0.5, 0.6) is 0 Å². The van der Waals surface area contributed by atoms with Gasteiger partial charge in [-0.1, -0.05) is 12.1 Å². The summed E-state index contributed by atoms with van der Waals surface area (Å²) in [6.45, 7) is 3.98. The van der Waals surface area contributed by atoms with Gasteiger partial charge in [-0.2, -0.15) is 0 Å². The molecule has 1 heterocycles. The number of carbonyl (C=O) groups excluding carboxylic acids is 1. The lowest BCUT2D eigenvalue weighted by molar-refractivity contribution is 0.102. The molecule has 0 atom stereocenters. The van der Waals surface area contributed by atoms with E-state index in [1.807, 2.05) is 32.0 Å². The Hall–Kier alpha value is -2.03. The number of H-pyrrole nitrogens is 1. The summed E-state index contributed by atoms with van der Waals surface area (Å²) in [5, 5.41) is 2.89. The van der Waals surface area contributed by atoms with Gasteiger partial charge in [0.15, 0.2) is 0 Å². The third-order valence-corrected chi connectivity index (χ3v) is 2.50. The lowest BCUT2D eigenvalue weighted by Crippen LogP contribution is -2.11. The van der Waals surface area contributed by atoms with Gasteiger partial charge in [0.05, 0.1) is 5.56 Å². The van der Waals surface area contributed by atoms with E-state index in [-0.39, 0.29) is 5.91 Å². The van der Waals surface area contributed by atoms with Gasteiger partial charge in [0.1, 0.15) is 0 Å². The molecule has 0 saturated heterocycles. The number of aryl methyl sites for hydroxylation is 2. The number of carbonyl (C=O) groups is 1. The average Bonchev–Trinajstić information content (AvgIpc) is 2.76. The van der Waals surface area contributed by atoms with Crippen LogP contribution in [0.1, 0.15) is 21.5 Å². The first-order valence-corrected chi connectivity index (χ1v) is 5.18. The van der Waals surface area contributed by atoms with Gasteiger partial charge in [0.25, 0.3) is 5.91 Å². The number of rotatable bonds is 2. The number of hydrogen-bond acceptors (Lipinski definition) is 1. The van der Waals surface area contributed by atoms with Crippen molar-refractivity contribution in [2.45, 2.75) is 13.8 Å². The summed E-state index contributed by atoms with van der Waals surface area (Å²) >= 11 is 0. The second kappa shape index (κ2) is 4.23. The van der Waals surface area contributed by atoms with E-state index < -0.39 is 0 Å². The Morgan fingerprint density at radius 2 is 2.06 bits per heavy atom. The maximum atomic E-state index is 11.8. The third kappa shape index (κ3) is 2.14. The molecule has 0 unspecified atom stereocenters. The number of aromatic amines is 1. The summed E-state index contributed by atoms with van der Waals surface area (Å²) in [5.41, 5.74) is 3.71. The quantitative estimate of drug-likeness (QED) is 0.793. The van der Waals surface area contributed by atoms with Crippen molar-refractivity contribution in [3.05, 3.63) is 53.3 Å². The van der Waals surface area contributed by atoms with Crippen molar-refractivity contribution in [1.82, 2.24) is 4.98 Å². The van der Waals surface area contributed by atoms with Gasteiger partial charge >= 0.3 is 0 Å². The number of amides is 1. The topological polar surface area (TPSA) is 44.9 Å². The first-order chi connectivity index (χ1) is 7.66. The highest BCUT2D eigenvalue weighted by molar-refractivity contribution is 6.04. The summed E-state index contributed by atoms with van der Waals surface area (Å²) in [7, 11) is 0. The van der Waals surface area contributed by atoms with Crippen LogP contribution >= 0.6 is 0 Å². The fraction of sp³-hybridized carbons (Fsp3) is 0.154. The summed E-state index contributed by atoms with van der Waals surface area (Å²) in [4.78, 5) is 14.7. The van der Waals surface area contributed by atoms with E-state index in [2.05, 4.69) is 10.3 Å². The van der Waals surface area contributed by atoms with Crippen molar-refractivity contribution in [2.75, 3.05) is 5.32 Å². The Morgan fingerprint density at radius 3 is 2.75 bits per heavy atom. The van der Waals surface area contributed by atoms with Crippen molar-refractivity contribution in [2.24, 2.45) is 0 Å². The zero-order valence-corrected chi connectivity index (χ0v) is 9.37. The van der Waals surface area contributed by atoms with E-state index in [1.54, 1.807) is 18.5 Å². The van der Waals surface area contributed by atoms with Crippen LogP contribution in [-0.4, -0.2) is 10.9 Å². The van der Waals surface area contributed by atoms with Crippen LogP contribution in [0, 0.1) is 13.8 Å². The Labute approximate surface area is 94.5 Å². The molecule has 2 aromatic rings. The number of aromatic nitrogens is 1. The van der Waals surface area contributed by atoms with E-state index in [1.165, 1.54) is 0 Å². The SMILES string of the molecule is Cc1ccc(C)c(NC(=O)c2cc[nH]c2)c1. The average molecular weight is 214 g/mol. The first kappa shape index (κ1) is 10.5. The highest BCUT2D eigenvalue weighted by Gasteiger charge is 2.07. The van der Waals surface area contributed by atoms with E-state index >= 15 is 0 Å². The van der Waals surface area contributed by atoms with Gasteiger partial charge in [-0.15, -0.1) is 0 Å². The van der Waals surface area contributed by atoms with Crippen LogP contribution in [-0.2, 0) is 0 Å². The van der Waals surface area contributed by atoms with Crippen LogP contribution in [0.15, 0.2) is 36.7 Å². The van der Waals surface area contributed by atoms with Crippen LogP contribution in [0.4, 0.5) is 5.69 Å². The minimum atomic E-state index is -0.0880. The maximum Gasteiger partial charge on any atom is 0.257 e. The molecule has 16 heavy (non-hydrogen) atoms. The summed E-state index contributed by atoms with van der Waals surface area (Å²) in [5.74, 6) is -0.0880. The Bertz CT molecular complexity index is 501. The van der Waals surface area contributed by atoms with Crippen molar-refractivity contribution < 1.29 is 4.79 Å². The molecular weight excluding hydrogens is 200 g/mol. The molecule has 0 bridgehead atoms. The molecule has 3 nitrogen and oxygen atoms in total. The van der Waals surface area contributed by atoms with Crippen molar-refractivity contribution in [1.29, 1.82) is 0 Å². The normalized spacial score (nSPS) is 10.1. The van der Waals surface area contributed by atoms with Crippen LogP contribution in [0.3, 0.4) is 0 Å². The molecule has 0 aliphatic carbocycles. The lowest BCUT2D eigenvalue weighted by atomic mass is 10.1. The predicted molar refractivity (Wildman–Crippen MR) is 64.7 cm³/mol. The molecule has 82 valence electrons. The predicted octanol–water partition coefficient (Wildman–Crippen LogP) is 2.88. The van der Waals surface area contributed by atoms with Gasteiger partial charge in [-0.25, -0.2) is 0 Å². The summed E-state index contributed by atoms with van der Waals surface area (Å²) in [6.07, 6.45) is 3.42. The molecule has 2 N–H and O–H groups in total. The molecule has 3 heteroatoms. The fourth-order valence-corrected chi connectivity index (χ4v) is 1.53. The lowest BCUT2D eigenvalue weighted by Gasteiger charge is -2.08. The van der Waals surface area contributed by atoms with Gasteiger partial charge in [0.2, 0.25) is 0 Å². The monoisotopic (exact) mass is 214 g/mol. The highest BCUT2D eigenvalue weighted by atomic mass is 16.1.